The Morgan fingerprint density at radius 1 is 1.40 bits per heavy atom. The molecular weight excluding hydrogens is 305 g/mol. The van der Waals surface area contributed by atoms with E-state index in [1.807, 2.05) is 20.8 Å². The molecule has 0 saturated carbocycles. The number of aromatic hydroxyl groups is 1. The Kier molecular flexibility index (Phi) is 3.59. The number of phenols is 1. The van der Waals surface area contributed by atoms with E-state index in [9.17, 15) is 9.90 Å². The largest absolute Gasteiger partial charge is 0.507 e. The standard InChI is InChI=1S/C11H14INO2/c1-11(2,3)13-10(15)8-5-4-7(12)6-9(8)14/h4-6,14H,1-3H3,(H,13,15). The lowest BCUT2D eigenvalue weighted by molar-refractivity contribution is 0.0917. The highest BCUT2D eigenvalue weighted by molar-refractivity contribution is 14.1. The van der Waals surface area contributed by atoms with Crippen molar-refractivity contribution < 1.29 is 9.90 Å². The Labute approximate surface area is 103 Å². The normalized spacial score (nSPS) is 11.2. The van der Waals surface area contributed by atoms with Crippen LogP contribution in [0.1, 0.15) is 31.1 Å². The number of amides is 1. The Balaban J connectivity index is 2.92. The van der Waals surface area contributed by atoms with Crippen molar-refractivity contribution in [3.63, 3.8) is 0 Å². The SMILES string of the molecule is CC(C)(C)NC(=O)c1ccc(I)cc1O. The zero-order valence-electron chi connectivity index (χ0n) is 8.97. The molecule has 0 saturated heterocycles. The van der Waals surface area contributed by atoms with E-state index < -0.39 is 0 Å². The number of benzene rings is 1. The fraction of sp³-hybridized carbons (Fsp3) is 0.364. The van der Waals surface area contributed by atoms with E-state index in [0.717, 1.165) is 3.57 Å². The Morgan fingerprint density at radius 3 is 2.47 bits per heavy atom. The molecule has 1 amide bonds. The van der Waals surface area contributed by atoms with Gasteiger partial charge in [0.15, 0.2) is 0 Å². The molecule has 0 spiro atoms. The molecule has 15 heavy (non-hydrogen) atoms. The maximum atomic E-state index is 11.7. The van der Waals surface area contributed by atoms with Gasteiger partial charge in [0, 0.05) is 9.11 Å². The Bertz CT molecular complexity index is 383. The van der Waals surface area contributed by atoms with Crippen LogP contribution in [0.2, 0.25) is 0 Å². The van der Waals surface area contributed by atoms with Crippen molar-refractivity contribution >= 4 is 28.5 Å². The third-order valence-corrected chi connectivity index (χ3v) is 2.36. The van der Waals surface area contributed by atoms with Crippen molar-refractivity contribution in [2.24, 2.45) is 0 Å². The summed E-state index contributed by atoms with van der Waals surface area (Å²) in [7, 11) is 0. The van der Waals surface area contributed by atoms with E-state index in [-0.39, 0.29) is 17.2 Å². The first kappa shape index (κ1) is 12.3. The minimum absolute atomic E-state index is 0.0173. The predicted octanol–water partition coefficient (Wildman–Crippen LogP) is 2.53. The number of hydrogen-bond donors (Lipinski definition) is 2. The van der Waals surface area contributed by atoms with Crippen molar-refractivity contribution in [1.29, 1.82) is 0 Å². The number of hydrogen-bond acceptors (Lipinski definition) is 2. The monoisotopic (exact) mass is 319 g/mol. The average Bonchev–Trinajstić information content (AvgIpc) is 1.99. The van der Waals surface area contributed by atoms with Gasteiger partial charge in [-0.05, 0) is 61.6 Å². The van der Waals surface area contributed by atoms with Crippen molar-refractivity contribution in [2.75, 3.05) is 0 Å². The van der Waals surface area contributed by atoms with Gasteiger partial charge >= 0.3 is 0 Å². The third-order valence-electron chi connectivity index (χ3n) is 1.69. The van der Waals surface area contributed by atoms with E-state index in [1.54, 1.807) is 18.2 Å². The van der Waals surface area contributed by atoms with Crippen LogP contribution in [-0.4, -0.2) is 16.6 Å². The molecule has 0 atom stereocenters. The first-order chi connectivity index (χ1) is 6.79. The van der Waals surface area contributed by atoms with Crippen LogP contribution >= 0.6 is 22.6 Å². The molecule has 82 valence electrons. The summed E-state index contributed by atoms with van der Waals surface area (Å²) in [5.41, 5.74) is 0.0114. The molecular formula is C11H14INO2. The summed E-state index contributed by atoms with van der Waals surface area (Å²) in [6.07, 6.45) is 0. The van der Waals surface area contributed by atoms with E-state index in [0.29, 0.717) is 5.56 Å². The molecule has 0 radical (unpaired) electrons. The summed E-state index contributed by atoms with van der Waals surface area (Å²) in [6.45, 7) is 5.69. The maximum absolute atomic E-state index is 11.7. The van der Waals surface area contributed by atoms with Gasteiger partial charge in [0.1, 0.15) is 5.75 Å². The second-order valence-corrected chi connectivity index (χ2v) is 5.61. The molecule has 1 aromatic rings. The van der Waals surface area contributed by atoms with Crippen LogP contribution < -0.4 is 5.32 Å². The van der Waals surface area contributed by atoms with Crippen LogP contribution in [-0.2, 0) is 0 Å². The number of phenolic OH excluding ortho intramolecular Hbond substituents is 1. The first-order valence-electron chi connectivity index (χ1n) is 4.60. The van der Waals surface area contributed by atoms with Crippen LogP contribution in [0.5, 0.6) is 5.75 Å². The molecule has 1 rings (SSSR count). The van der Waals surface area contributed by atoms with Crippen molar-refractivity contribution in [3.05, 3.63) is 27.3 Å². The molecule has 0 aliphatic heterocycles. The average molecular weight is 319 g/mol. The molecule has 0 heterocycles. The zero-order chi connectivity index (χ0) is 11.6. The lowest BCUT2D eigenvalue weighted by atomic mass is 10.1. The van der Waals surface area contributed by atoms with E-state index in [4.69, 9.17) is 0 Å². The van der Waals surface area contributed by atoms with Gasteiger partial charge in [-0.25, -0.2) is 0 Å². The second kappa shape index (κ2) is 4.38. The molecule has 0 aliphatic carbocycles. The predicted molar refractivity (Wildman–Crippen MR) is 68.0 cm³/mol. The molecule has 0 unspecified atom stereocenters. The lowest BCUT2D eigenvalue weighted by Crippen LogP contribution is -2.40. The second-order valence-electron chi connectivity index (χ2n) is 4.37. The van der Waals surface area contributed by atoms with Gasteiger partial charge in [0.2, 0.25) is 0 Å². The Morgan fingerprint density at radius 2 is 2.00 bits per heavy atom. The smallest absolute Gasteiger partial charge is 0.255 e. The molecule has 2 N–H and O–H groups in total. The van der Waals surface area contributed by atoms with Crippen molar-refractivity contribution in [3.8, 4) is 5.75 Å². The van der Waals surface area contributed by atoms with E-state index in [1.165, 1.54) is 0 Å². The molecule has 0 bridgehead atoms. The fourth-order valence-corrected chi connectivity index (χ4v) is 1.58. The van der Waals surface area contributed by atoms with Gasteiger partial charge in [-0.3, -0.25) is 4.79 Å². The van der Waals surface area contributed by atoms with Crippen LogP contribution in [0.4, 0.5) is 0 Å². The summed E-state index contributed by atoms with van der Waals surface area (Å²) in [4.78, 5) is 11.7. The van der Waals surface area contributed by atoms with Crippen LogP contribution in [0, 0.1) is 3.57 Å². The lowest BCUT2D eigenvalue weighted by Gasteiger charge is -2.20. The first-order valence-corrected chi connectivity index (χ1v) is 5.68. The van der Waals surface area contributed by atoms with Crippen molar-refractivity contribution in [2.45, 2.75) is 26.3 Å². The summed E-state index contributed by atoms with van der Waals surface area (Å²) >= 11 is 2.08. The fourth-order valence-electron chi connectivity index (χ4n) is 1.10. The summed E-state index contributed by atoms with van der Waals surface area (Å²) in [5.74, 6) is -0.236. The number of halogens is 1. The number of rotatable bonds is 1. The molecule has 0 aliphatic rings. The highest BCUT2D eigenvalue weighted by Gasteiger charge is 2.17. The molecule has 1 aromatic carbocycles. The topological polar surface area (TPSA) is 49.3 Å². The summed E-state index contributed by atoms with van der Waals surface area (Å²) in [5, 5.41) is 12.4. The highest BCUT2D eigenvalue weighted by atomic mass is 127. The third kappa shape index (κ3) is 3.70. The van der Waals surface area contributed by atoms with Crippen LogP contribution in [0.25, 0.3) is 0 Å². The summed E-state index contributed by atoms with van der Waals surface area (Å²) < 4.78 is 0.900. The van der Waals surface area contributed by atoms with Crippen LogP contribution in [0.15, 0.2) is 18.2 Å². The Hall–Kier alpha value is -0.780. The van der Waals surface area contributed by atoms with Gasteiger partial charge in [0.25, 0.3) is 5.91 Å². The minimum atomic E-state index is -0.299. The molecule has 4 heteroatoms. The number of carbonyl (C=O) groups is 1. The van der Waals surface area contributed by atoms with Gasteiger partial charge < -0.3 is 10.4 Å². The maximum Gasteiger partial charge on any atom is 0.255 e. The molecule has 0 fully saturated rings. The quantitative estimate of drug-likeness (QED) is 0.782. The van der Waals surface area contributed by atoms with Gasteiger partial charge in [-0.1, -0.05) is 0 Å². The van der Waals surface area contributed by atoms with Crippen molar-refractivity contribution in [1.82, 2.24) is 5.32 Å². The molecule has 3 nitrogen and oxygen atoms in total. The summed E-state index contributed by atoms with van der Waals surface area (Å²) in [6, 6.07) is 4.98. The highest BCUT2D eigenvalue weighted by Crippen LogP contribution is 2.20. The van der Waals surface area contributed by atoms with Gasteiger partial charge in [-0.15, -0.1) is 0 Å². The minimum Gasteiger partial charge on any atom is -0.507 e. The van der Waals surface area contributed by atoms with Gasteiger partial charge in [-0.2, -0.15) is 0 Å². The van der Waals surface area contributed by atoms with Gasteiger partial charge in [0.05, 0.1) is 5.56 Å². The van der Waals surface area contributed by atoms with E-state index >= 15 is 0 Å². The number of nitrogens with one attached hydrogen (secondary N) is 1. The zero-order valence-corrected chi connectivity index (χ0v) is 11.1. The number of carbonyl (C=O) groups excluding carboxylic acids is 1. The molecule has 0 aromatic heterocycles. The van der Waals surface area contributed by atoms with E-state index in [2.05, 4.69) is 27.9 Å². The van der Waals surface area contributed by atoms with Crippen LogP contribution in [0.3, 0.4) is 0 Å².